The van der Waals surface area contributed by atoms with E-state index < -0.39 is 0 Å². The average Bonchev–Trinajstić information content (AvgIpc) is 2.73. The lowest BCUT2D eigenvalue weighted by molar-refractivity contribution is -0.116. The van der Waals surface area contributed by atoms with Crippen LogP contribution in [0.3, 0.4) is 0 Å². The van der Waals surface area contributed by atoms with Crippen LogP contribution in [-0.4, -0.2) is 22.8 Å². The van der Waals surface area contributed by atoms with E-state index in [1.807, 2.05) is 38.2 Å². The SMILES string of the molecule is COc1ccccc1[C@@H]1CC(=O)Nc2c1c(C)nn2C. The average molecular weight is 271 g/mol. The van der Waals surface area contributed by atoms with Crippen LogP contribution in [0.1, 0.15) is 29.2 Å². The number of aryl methyl sites for hydroxylation is 2. The first-order valence-corrected chi connectivity index (χ1v) is 6.58. The molecule has 1 N–H and O–H groups in total. The Morgan fingerprint density at radius 2 is 2.15 bits per heavy atom. The summed E-state index contributed by atoms with van der Waals surface area (Å²) in [5.41, 5.74) is 3.05. The number of benzene rings is 1. The summed E-state index contributed by atoms with van der Waals surface area (Å²) in [5.74, 6) is 1.59. The molecule has 0 radical (unpaired) electrons. The fourth-order valence-electron chi connectivity index (χ4n) is 2.93. The highest BCUT2D eigenvalue weighted by molar-refractivity contribution is 5.94. The number of amides is 1. The van der Waals surface area contributed by atoms with E-state index in [4.69, 9.17) is 4.74 Å². The second kappa shape index (κ2) is 4.67. The summed E-state index contributed by atoms with van der Waals surface area (Å²) < 4.78 is 7.16. The number of fused-ring (bicyclic) bond motifs is 1. The summed E-state index contributed by atoms with van der Waals surface area (Å²) in [6.07, 6.45) is 0.417. The Kier molecular flexibility index (Phi) is 2.97. The lowest BCUT2D eigenvalue weighted by Gasteiger charge is -2.25. The van der Waals surface area contributed by atoms with E-state index in [0.717, 1.165) is 28.4 Å². The normalized spacial score (nSPS) is 17.6. The highest BCUT2D eigenvalue weighted by Crippen LogP contribution is 2.41. The zero-order chi connectivity index (χ0) is 14.3. The molecule has 104 valence electrons. The first-order chi connectivity index (χ1) is 9.61. The van der Waals surface area contributed by atoms with Gasteiger partial charge in [0, 0.05) is 30.5 Å². The van der Waals surface area contributed by atoms with Crippen molar-refractivity contribution in [2.45, 2.75) is 19.3 Å². The topological polar surface area (TPSA) is 56.1 Å². The van der Waals surface area contributed by atoms with Crippen LogP contribution in [0.15, 0.2) is 24.3 Å². The van der Waals surface area contributed by atoms with E-state index in [0.29, 0.717) is 6.42 Å². The summed E-state index contributed by atoms with van der Waals surface area (Å²) >= 11 is 0. The van der Waals surface area contributed by atoms with Crippen molar-refractivity contribution in [3.05, 3.63) is 41.1 Å². The third-order valence-electron chi connectivity index (χ3n) is 3.78. The van der Waals surface area contributed by atoms with Crippen molar-refractivity contribution in [3.63, 3.8) is 0 Å². The van der Waals surface area contributed by atoms with Gasteiger partial charge in [-0.2, -0.15) is 5.10 Å². The summed E-state index contributed by atoms with van der Waals surface area (Å²) in [7, 11) is 3.50. The molecule has 0 aliphatic carbocycles. The summed E-state index contributed by atoms with van der Waals surface area (Å²) in [6, 6.07) is 7.84. The molecular formula is C15H17N3O2. The van der Waals surface area contributed by atoms with Crippen molar-refractivity contribution in [1.29, 1.82) is 0 Å². The highest BCUT2D eigenvalue weighted by Gasteiger charge is 2.32. The van der Waals surface area contributed by atoms with Crippen LogP contribution in [0, 0.1) is 6.92 Å². The molecule has 0 spiro atoms. The Bertz CT molecular complexity index is 676. The van der Waals surface area contributed by atoms with E-state index in [2.05, 4.69) is 10.4 Å². The summed E-state index contributed by atoms with van der Waals surface area (Å²) in [4.78, 5) is 12.0. The van der Waals surface area contributed by atoms with Gasteiger partial charge in [-0.25, -0.2) is 0 Å². The Morgan fingerprint density at radius 1 is 1.40 bits per heavy atom. The maximum atomic E-state index is 12.0. The number of aromatic nitrogens is 2. The van der Waals surface area contributed by atoms with E-state index in [1.54, 1.807) is 11.8 Å². The van der Waals surface area contributed by atoms with Crippen LogP contribution in [0.2, 0.25) is 0 Å². The Labute approximate surface area is 117 Å². The largest absolute Gasteiger partial charge is 0.496 e. The minimum absolute atomic E-state index is 0.0106. The minimum atomic E-state index is -0.0106. The molecule has 0 unspecified atom stereocenters. The molecule has 0 saturated heterocycles. The number of hydrogen-bond donors (Lipinski definition) is 1. The van der Waals surface area contributed by atoms with Gasteiger partial charge in [0.25, 0.3) is 0 Å². The first kappa shape index (κ1) is 12.7. The number of ether oxygens (including phenoxy) is 1. The fourth-order valence-corrected chi connectivity index (χ4v) is 2.93. The van der Waals surface area contributed by atoms with Crippen molar-refractivity contribution in [2.75, 3.05) is 12.4 Å². The van der Waals surface area contributed by atoms with Crippen LogP contribution < -0.4 is 10.1 Å². The van der Waals surface area contributed by atoms with E-state index in [1.165, 1.54) is 0 Å². The minimum Gasteiger partial charge on any atom is -0.496 e. The summed E-state index contributed by atoms with van der Waals surface area (Å²) in [6.45, 7) is 1.97. The standard InChI is InChI=1S/C15H17N3O2/c1-9-14-11(10-6-4-5-7-12(10)20-3)8-13(19)16-15(14)18(2)17-9/h4-7,11H,8H2,1-3H3,(H,16,19)/t11-/m0/s1. The van der Waals surface area contributed by atoms with Crippen LogP contribution in [0.25, 0.3) is 0 Å². The second-order valence-corrected chi connectivity index (χ2v) is 5.02. The molecule has 1 aromatic heterocycles. The molecule has 1 aromatic carbocycles. The van der Waals surface area contributed by atoms with Crippen LogP contribution in [-0.2, 0) is 11.8 Å². The van der Waals surface area contributed by atoms with Gasteiger partial charge in [0.15, 0.2) is 0 Å². The van der Waals surface area contributed by atoms with E-state index in [-0.39, 0.29) is 11.8 Å². The zero-order valence-electron chi connectivity index (χ0n) is 11.8. The van der Waals surface area contributed by atoms with Crippen LogP contribution >= 0.6 is 0 Å². The van der Waals surface area contributed by atoms with Crippen molar-refractivity contribution in [2.24, 2.45) is 7.05 Å². The summed E-state index contributed by atoms with van der Waals surface area (Å²) in [5, 5.41) is 7.33. The van der Waals surface area contributed by atoms with Gasteiger partial charge in [0.2, 0.25) is 5.91 Å². The van der Waals surface area contributed by atoms with Gasteiger partial charge in [-0.15, -0.1) is 0 Å². The van der Waals surface area contributed by atoms with Crippen molar-refractivity contribution >= 4 is 11.7 Å². The molecule has 2 aromatic rings. The number of anilines is 1. The van der Waals surface area contributed by atoms with Gasteiger partial charge in [0.1, 0.15) is 11.6 Å². The molecule has 5 nitrogen and oxygen atoms in total. The molecule has 1 aliphatic heterocycles. The third kappa shape index (κ3) is 1.86. The first-order valence-electron chi connectivity index (χ1n) is 6.58. The molecule has 0 bridgehead atoms. The number of nitrogens with zero attached hydrogens (tertiary/aromatic N) is 2. The number of methoxy groups -OCH3 is 1. The van der Waals surface area contributed by atoms with Gasteiger partial charge < -0.3 is 10.1 Å². The molecule has 5 heteroatoms. The van der Waals surface area contributed by atoms with Gasteiger partial charge >= 0.3 is 0 Å². The number of para-hydroxylation sites is 1. The number of carbonyl (C=O) groups is 1. The predicted octanol–water partition coefficient (Wildman–Crippen LogP) is 2.21. The Morgan fingerprint density at radius 3 is 2.90 bits per heavy atom. The fraction of sp³-hybridized carbons (Fsp3) is 0.333. The van der Waals surface area contributed by atoms with Gasteiger partial charge in [0.05, 0.1) is 12.8 Å². The number of carbonyl (C=O) groups excluding carboxylic acids is 1. The molecular weight excluding hydrogens is 254 g/mol. The highest BCUT2D eigenvalue weighted by atomic mass is 16.5. The van der Waals surface area contributed by atoms with Crippen molar-refractivity contribution in [3.8, 4) is 5.75 Å². The molecule has 20 heavy (non-hydrogen) atoms. The molecule has 0 saturated carbocycles. The van der Waals surface area contributed by atoms with Crippen molar-refractivity contribution in [1.82, 2.24) is 9.78 Å². The lowest BCUT2D eigenvalue weighted by Crippen LogP contribution is -2.24. The van der Waals surface area contributed by atoms with E-state index in [9.17, 15) is 4.79 Å². The quantitative estimate of drug-likeness (QED) is 0.911. The Hall–Kier alpha value is -2.30. The number of rotatable bonds is 2. The van der Waals surface area contributed by atoms with Crippen LogP contribution in [0.4, 0.5) is 5.82 Å². The van der Waals surface area contributed by atoms with Crippen LogP contribution in [0.5, 0.6) is 5.75 Å². The molecule has 1 aliphatic rings. The number of nitrogens with one attached hydrogen (secondary N) is 1. The van der Waals surface area contributed by atoms with Gasteiger partial charge in [-0.05, 0) is 13.0 Å². The maximum Gasteiger partial charge on any atom is 0.226 e. The van der Waals surface area contributed by atoms with Gasteiger partial charge in [-0.1, -0.05) is 18.2 Å². The monoisotopic (exact) mass is 271 g/mol. The number of hydrogen-bond acceptors (Lipinski definition) is 3. The van der Waals surface area contributed by atoms with Gasteiger partial charge in [-0.3, -0.25) is 9.48 Å². The molecule has 2 heterocycles. The zero-order valence-corrected chi connectivity index (χ0v) is 11.8. The smallest absolute Gasteiger partial charge is 0.226 e. The predicted molar refractivity (Wildman–Crippen MR) is 76.0 cm³/mol. The third-order valence-corrected chi connectivity index (χ3v) is 3.78. The molecule has 3 rings (SSSR count). The van der Waals surface area contributed by atoms with Crippen molar-refractivity contribution < 1.29 is 9.53 Å². The lowest BCUT2D eigenvalue weighted by atomic mass is 9.85. The maximum absolute atomic E-state index is 12.0. The van der Waals surface area contributed by atoms with E-state index >= 15 is 0 Å². The Balaban J connectivity index is 2.18. The molecule has 1 amide bonds. The molecule has 1 atom stereocenters. The molecule has 0 fully saturated rings. The second-order valence-electron chi connectivity index (χ2n) is 5.02.